The first-order valence-electron chi connectivity index (χ1n) is 8.57. The molecule has 2 rings (SSSR count). The second-order valence-electron chi connectivity index (χ2n) is 5.81. The molecule has 0 heterocycles. The van der Waals surface area contributed by atoms with E-state index in [1.165, 1.54) is 30.5 Å². The van der Waals surface area contributed by atoms with Gasteiger partial charge in [0.2, 0.25) is 5.91 Å². The number of nitro groups is 1. The predicted molar refractivity (Wildman–Crippen MR) is 104 cm³/mol. The molecule has 0 fully saturated rings. The monoisotopic (exact) mass is 370 g/mol. The smallest absolute Gasteiger partial charge is 0.269 e. The second-order valence-corrected chi connectivity index (χ2v) is 5.81. The summed E-state index contributed by atoms with van der Waals surface area (Å²) in [5, 5.41) is 24.6. The van der Waals surface area contributed by atoms with E-state index in [1.54, 1.807) is 12.1 Å². The van der Waals surface area contributed by atoms with Crippen LogP contribution >= 0.6 is 0 Å². The van der Waals surface area contributed by atoms with Gasteiger partial charge in [-0.25, -0.2) is 5.43 Å². The fraction of sp³-hybridized carbons (Fsp3) is 0.263. The van der Waals surface area contributed by atoms with E-state index in [9.17, 15) is 20.0 Å². The summed E-state index contributed by atoms with van der Waals surface area (Å²) in [7, 11) is 0. The Morgan fingerprint density at radius 2 is 1.89 bits per heavy atom. The SMILES string of the molecule is CCN(CC)c1ccc(/C=N/NC(=O)Cc2ccc([N+](=O)[O-])cc2)c(O)c1. The molecule has 0 saturated heterocycles. The number of nitrogens with zero attached hydrogens (tertiary/aromatic N) is 3. The van der Waals surface area contributed by atoms with Crippen LogP contribution in [-0.2, 0) is 11.2 Å². The van der Waals surface area contributed by atoms with Crippen LogP contribution in [0, 0.1) is 10.1 Å². The van der Waals surface area contributed by atoms with E-state index in [2.05, 4.69) is 15.4 Å². The Bertz CT molecular complexity index is 830. The third kappa shape index (κ3) is 5.53. The molecule has 142 valence electrons. The fourth-order valence-electron chi connectivity index (χ4n) is 2.56. The number of hydrogen-bond acceptors (Lipinski definition) is 6. The Morgan fingerprint density at radius 3 is 2.44 bits per heavy atom. The average molecular weight is 370 g/mol. The van der Waals surface area contributed by atoms with Crippen molar-refractivity contribution in [2.24, 2.45) is 5.10 Å². The van der Waals surface area contributed by atoms with Crippen LogP contribution in [0.25, 0.3) is 0 Å². The van der Waals surface area contributed by atoms with Gasteiger partial charge in [-0.2, -0.15) is 5.10 Å². The van der Waals surface area contributed by atoms with E-state index < -0.39 is 4.92 Å². The van der Waals surface area contributed by atoms with Gasteiger partial charge >= 0.3 is 0 Å². The minimum Gasteiger partial charge on any atom is -0.507 e. The quantitative estimate of drug-likeness (QED) is 0.422. The Hall–Kier alpha value is -3.42. The Morgan fingerprint density at radius 1 is 1.22 bits per heavy atom. The first-order valence-corrected chi connectivity index (χ1v) is 8.57. The molecule has 8 heteroatoms. The molecule has 2 aromatic carbocycles. The molecule has 0 atom stereocenters. The Labute approximate surface area is 157 Å². The topological polar surface area (TPSA) is 108 Å². The summed E-state index contributed by atoms with van der Waals surface area (Å²) in [5.41, 5.74) is 4.39. The summed E-state index contributed by atoms with van der Waals surface area (Å²) in [4.78, 5) is 24.1. The number of phenols is 1. The number of rotatable bonds is 8. The number of nitro benzene ring substituents is 1. The van der Waals surface area contributed by atoms with E-state index in [-0.39, 0.29) is 23.8 Å². The van der Waals surface area contributed by atoms with Crippen molar-refractivity contribution in [2.75, 3.05) is 18.0 Å². The summed E-state index contributed by atoms with van der Waals surface area (Å²) in [5.74, 6) is -0.285. The van der Waals surface area contributed by atoms with Crippen LogP contribution in [0.2, 0.25) is 0 Å². The van der Waals surface area contributed by atoms with Crippen molar-refractivity contribution < 1.29 is 14.8 Å². The number of carbonyl (C=O) groups is 1. The van der Waals surface area contributed by atoms with Gasteiger partial charge in [0.25, 0.3) is 5.69 Å². The third-order valence-corrected chi connectivity index (χ3v) is 4.05. The van der Waals surface area contributed by atoms with Crippen molar-refractivity contribution in [3.63, 3.8) is 0 Å². The van der Waals surface area contributed by atoms with Crippen molar-refractivity contribution in [3.05, 3.63) is 63.7 Å². The van der Waals surface area contributed by atoms with E-state index in [1.807, 2.05) is 19.9 Å². The maximum atomic E-state index is 11.9. The largest absolute Gasteiger partial charge is 0.507 e. The summed E-state index contributed by atoms with van der Waals surface area (Å²) in [6.45, 7) is 5.75. The molecule has 0 saturated carbocycles. The molecule has 8 nitrogen and oxygen atoms in total. The van der Waals surface area contributed by atoms with Crippen molar-refractivity contribution in [2.45, 2.75) is 20.3 Å². The summed E-state index contributed by atoms with van der Waals surface area (Å²) < 4.78 is 0. The second kappa shape index (κ2) is 9.33. The minimum absolute atomic E-state index is 0.0270. The Kier molecular flexibility index (Phi) is 6.87. The number of nitrogens with one attached hydrogen (secondary N) is 1. The average Bonchev–Trinajstić information content (AvgIpc) is 2.65. The van der Waals surface area contributed by atoms with Gasteiger partial charge in [0, 0.05) is 42.5 Å². The first-order chi connectivity index (χ1) is 12.9. The number of aromatic hydroxyl groups is 1. The normalized spacial score (nSPS) is 10.7. The molecule has 0 unspecified atom stereocenters. The highest BCUT2D eigenvalue weighted by atomic mass is 16.6. The molecule has 0 radical (unpaired) electrons. The van der Waals surface area contributed by atoms with Gasteiger partial charge in [-0.05, 0) is 31.5 Å². The van der Waals surface area contributed by atoms with Gasteiger partial charge in [-0.3, -0.25) is 14.9 Å². The minimum atomic E-state index is -0.494. The van der Waals surface area contributed by atoms with Gasteiger partial charge in [0.05, 0.1) is 17.6 Å². The molecule has 0 spiro atoms. The van der Waals surface area contributed by atoms with Gasteiger partial charge in [-0.1, -0.05) is 12.1 Å². The van der Waals surface area contributed by atoms with Crippen LogP contribution in [0.15, 0.2) is 47.6 Å². The number of hydrazone groups is 1. The van der Waals surface area contributed by atoms with Crippen molar-refractivity contribution in [1.29, 1.82) is 0 Å². The van der Waals surface area contributed by atoms with Crippen LogP contribution in [0.4, 0.5) is 11.4 Å². The van der Waals surface area contributed by atoms with Crippen molar-refractivity contribution in [1.82, 2.24) is 5.43 Å². The van der Waals surface area contributed by atoms with E-state index in [0.717, 1.165) is 18.8 Å². The highest BCUT2D eigenvalue weighted by molar-refractivity contribution is 5.86. The lowest BCUT2D eigenvalue weighted by molar-refractivity contribution is -0.384. The van der Waals surface area contributed by atoms with Crippen LogP contribution < -0.4 is 10.3 Å². The molecule has 2 aromatic rings. The molecule has 1 amide bonds. The molecule has 0 bridgehead atoms. The predicted octanol–water partition coefficient (Wildman–Crippen LogP) is 2.84. The standard InChI is InChI=1S/C19H22N4O4/c1-3-22(4-2)17-10-7-15(18(24)12-17)13-20-21-19(25)11-14-5-8-16(9-6-14)23(26)27/h5-10,12-13,24H,3-4,11H2,1-2H3,(H,21,25)/b20-13+. The molecular weight excluding hydrogens is 348 g/mol. The van der Waals surface area contributed by atoms with E-state index in [0.29, 0.717) is 11.1 Å². The molecular formula is C19H22N4O4. The van der Waals surface area contributed by atoms with Crippen LogP contribution in [0.1, 0.15) is 25.0 Å². The number of benzene rings is 2. The highest BCUT2D eigenvalue weighted by Crippen LogP contribution is 2.23. The Balaban J connectivity index is 1.94. The summed E-state index contributed by atoms with van der Waals surface area (Å²) in [6, 6.07) is 11.0. The van der Waals surface area contributed by atoms with E-state index >= 15 is 0 Å². The molecule has 0 aliphatic heterocycles. The zero-order chi connectivity index (χ0) is 19.8. The zero-order valence-electron chi connectivity index (χ0n) is 15.3. The number of phenolic OH excluding ortho intramolecular Hbond substituents is 1. The number of non-ortho nitro benzene ring substituents is 1. The lowest BCUT2D eigenvalue weighted by Gasteiger charge is -2.21. The first kappa shape index (κ1) is 19.9. The summed E-state index contributed by atoms with van der Waals surface area (Å²) in [6.07, 6.45) is 1.41. The molecule has 2 N–H and O–H groups in total. The highest BCUT2D eigenvalue weighted by Gasteiger charge is 2.08. The fourth-order valence-corrected chi connectivity index (χ4v) is 2.56. The van der Waals surface area contributed by atoms with Gasteiger partial charge in [0.1, 0.15) is 5.75 Å². The van der Waals surface area contributed by atoms with E-state index in [4.69, 9.17) is 0 Å². The lowest BCUT2D eigenvalue weighted by Crippen LogP contribution is -2.21. The maximum absolute atomic E-state index is 11.9. The van der Waals surface area contributed by atoms with Crippen LogP contribution in [0.5, 0.6) is 5.75 Å². The molecule has 0 aliphatic carbocycles. The number of anilines is 1. The molecule has 27 heavy (non-hydrogen) atoms. The van der Waals surface area contributed by atoms with Crippen molar-refractivity contribution in [3.8, 4) is 5.75 Å². The van der Waals surface area contributed by atoms with Gasteiger partial charge in [-0.15, -0.1) is 0 Å². The lowest BCUT2D eigenvalue weighted by atomic mass is 10.1. The molecule has 0 aliphatic rings. The number of amides is 1. The molecule has 0 aromatic heterocycles. The van der Waals surface area contributed by atoms with Gasteiger partial charge < -0.3 is 10.0 Å². The van der Waals surface area contributed by atoms with Gasteiger partial charge in [0.15, 0.2) is 0 Å². The van der Waals surface area contributed by atoms with Crippen LogP contribution in [-0.4, -0.2) is 35.2 Å². The summed E-state index contributed by atoms with van der Waals surface area (Å²) >= 11 is 0. The van der Waals surface area contributed by atoms with Crippen molar-refractivity contribution >= 4 is 23.5 Å². The zero-order valence-corrected chi connectivity index (χ0v) is 15.3. The number of hydrogen-bond donors (Lipinski definition) is 2. The maximum Gasteiger partial charge on any atom is 0.269 e. The number of carbonyl (C=O) groups excluding carboxylic acids is 1. The van der Waals surface area contributed by atoms with Crippen LogP contribution in [0.3, 0.4) is 0 Å². The third-order valence-electron chi connectivity index (χ3n) is 4.05.